The van der Waals surface area contributed by atoms with Crippen molar-refractivity contribution < 1.29 is 9.90 Å². The van der Waals surface area contributed by atoms with Gasteiger partial charge >= 0.3 is 0 Å². The van der Waals surface area contributed by atoms with E-state index in [2.05, 4.69) is 33.4 Å². The first-order chi connectivity index (χ1) is 11.2. The summed E-state index contributed by atoms with van der Waals surface area (Å²) < 4.78 is 0. The summed E-state index contributed by atoms with van der Waals surface area (Å²) in [6, 6.07) is 9.84. The monoisotopic (exact) mass is 311 g/mol. The number of nitrogens with zero attached hydrogens (tertiary/aromatic N) is 2. The van der Waals surface area contributed by atoms with E-state index in [1.54, 1.807) is 18.5 Å². The summed E-state index contributed by atoms with van der Waals surface area (Å²) in [5, 5.41) is 12.2. The molecular weight excluding hydrogens is 290 g/mol. The quantitative estimate of drug-likeness (QED) is 0.906. The Bertz CT molecular complexity index is 702. The van der Waals surface area contributed by atoms with Gasteiger partial charge < -0.3 is 10.4 Å². The molecule has 1 aliphatic rings. The van der Waals surface area contributed by atoms with Crippen molar-refractivity contribution in [1.82, 2.24) is 9.88 Å². The molecule has 0 radical (unpaired) electrons. The summed E-state index contributed by atoms with van der Waals surface area (Å²) in [6.45, 7) is 3.44. The number of pyridine rings is 1. The fourth-order valence-electron chi connectivity index (χ4n) is 2.92. The molecule has 1 amide bonds. The molecule has 5 nitrogen and oxygen atoms in total. The number of aromatic nitrogens is 1. The van der Waals surface area contributed by atoms with Gasteiger partial charge in [0.15, 0.2) is 0 Å². The minimum Gasteiger partial charge on any atom is -0.392 e. The zero-order chi connectivity index (χ0) is 16.2. The van der Waals surface area contributed by atoms with Crippen LogP contribution in [0.3, 0.4) is 0 Å². The van der Waals surface area contributed by atoms with Crippen molar-refractivity contribution in [3.8, 4) is 0 Å². The summed E-state index contributed by atoms with van der Waals surface area (Å²) in [5.41, 5.74) is 3.90. The third-order valence-corrected chi connectivity index (χ3v) is 4.43. The zero-order valence-corrected chi connectivity index (χ0v) is 13.2. The number of benzene rings is 1. The first-order valence-electron chi connectivity index (χ1n) is 7.84. The maximum absolute atomic E-state index is 12.5. The highest BCUT2D eigenvalue weighted by atomic mass is 16.3. The maximum atomic E-state index is 12.5. The first-order valence-corrected chi connectivity index (χ1v) is 7.84. The summed E-state index contributed by atoms with van der Waals surface area (Å²) >= 11 is 0. The van der Waals surface area contributed by atoms with Crippen molar-refractivity contribution in [3.05, 3.63) is 59.4 Å². The van der Waals surface area contributed by atoms with Crippen molar-refractivity contribution in [2.75, 3.05) is 11.9 Å². The molecule has 23 heavy (non-hydrogen) atoms. The zero-order valence-electron chi connectivity index (χ0n) is 13.2. The Morgan fingerprint density at radius 3 is 2.91 bits per heavy atom. The van der Waals surface area contributed by atoms with Crippen molar-refractivity contribution >= 4 is 11.6 Å². The van der Waals surface area contributed by atoms with E-state index >= 15 is 0 Å². The van der Waals surface area contributed by atoms with Crippen LogP contribution in [0.5, 0.6) is 0 Å². The van der Waals surface area contributed by atoms with Gasteiger partial charge in [-0.1, -0.05) is 24.3 Å². The van der Waals surface area contributed by atoms with E-state index in [1.807, 2.05) is 13.0 Å². The second kappa shape index (κ2) is 6.89. The number of hydrogen-bond acceptors (Lipinski definition) is 4. The fraction of sp³-hybridized carbons (Fsp3) is 0.333. The molecular formula is C18H21N3O2. The van der Waals surface area contributed by atoms with Crippen molar-refractivity contribution in [2.24, 2.45) is 0 Å². The summed E-state index contributed by atoms with van der Waals surface area (Å²) in [7, 11) is 0. The van der Waals surface area contributed by atoms with Gasteiger partial charge in [-0.3, -0.25) is 14.7 Å². The Hall–Kier alpha value is -2.24. The van der Waals surface area contributed by atoms with Crippen LogP contribution in [0.1, 0.15) is 23.6 Å². The molecule has 3 rings (SSSR count). The molecule has 0 aliphatic carbocycles. The Kier molecular flexibility index (Phi) is 4.69. The molecule has 0 bridgehead atoms. The maximum Gasteiger partial charge on any atom is 0.241 e. The second-order valence-corrected chi connectivity index (χ2v) is 5.85. The number of carbonyl (C=O) groups is 1. The molecule has 1 aromatic carbocycles. The van der Waals surface area contributed by atoms with Crippen molar-refractivity contribution in [2.45, 2.75) is 32.5 Å². The van der Waals surface area contributed by atoms with Gasteiger partial charge in [-0.15, -0.1) is 0 Å². The summed E-state index contributed by atoms with van der Waals surface area (Å²) in [4.78, 5) is 18.7. The minimum atomic E-state index is -0.241. The van der Waals surface area contributed by atoms with Crippen LogP contribution in [0, 0.1) is 0 Å². The Morgan fingerprint density at radius 1 is 1.35 bits per heavy atom. The number of hydrogen-bond donors (Lipinski definition) is 2. The number of carbonyl (C=O) groups excluding carboxylic acids is 1. The van der Waals surface area contributed by atoms with Crippen LogP contribution >= 0.6 is 0 Å². The largest absolute Gasteiger partial charge is 0.392 e. The summed E-state index contributed by atoms with van der Waals surface area (Å²) in [6.07, 6.45) is 4.14. The molecule has 0 saturated carbocycles. The molecule has 0 spiro atoms. The first kappa shape index (κ1) is 15.6. The van der Waals surface area contributed by atoms with E-state index in [0.29, 0.717) is 11.3 Å². The molecule has 2 N–H and O–H groups in total. The van der Waals surface area contributed by atoms with E-state index in [-0.39, 0.29) is 18.6 Å². The molecule has 0 saturated heterocycles. The topological polar surface area (TPSA) is 65.5 Å². The SMILES string of the molecule is CC(C(=O)Nc1cnccc1CO)N1CCc2ccccc2C1. The Morgan fingerprint density at radius 2 is 2.13 bits per heavy atom. The molecule has 1 aromatic heterocycles. The number of rotatable bonds is 4. The number of amides is 1. The Balaban J connectivity index is 1.69. The lowest BCUT2D eigenvalue weighted by Gasteiger charge is -2.33. The fourth-order valence-corrected chi connectivity index (χ4v) is 2.92. The lowest BCUT2D eigenvalue weighted by molar-refractivity contribution is -0.121. The van der Waals surface area contributed by atoms with Crippen LogP contribution < -0.4 is 5.32 Å². The average Bonchev–Trinajstić information content (AvgIpc) is 2.61. The van der Waals surface area contributed by atoms with Gasteiger partial charge in [0.2, 0.25) is 5.91 Å². The molecule has 2 aromatic rings. The third kappa shape index (κ3) is 3.41. The van der Waals surface area contributed by atoms with Gasteiger partial charge in [-0.2, -0.15) is 0 Å². The van der Waals surface area contributed by atoms with Crippen LogP contribution in [-0.4, -0.2) is 33.5 Å². The van der Waals surface area contributed by atoms with E-state index in [9.17, 15) is 9.90 Å². The van der Waals surface area contributed by atoms with E-state index in [4.69, 9.17) is 0 Å². The lowest BCUT2D eigenvalue weighted by Crippen LogP contribution is -2.44. The van der Waals surface area contributed by atoms with E-state index < -0.39 is 0 Å². The highest BCUT2D eigenvalue weighted by Crippen LogP contribution is 2.21. The summed E-state index contributed by atoms with van der Waals surface area (Å²) in [5.74, 6) is -0.0768. The number of aliphatic hydroxyl groups excluding tert-OH is 1. The molecule has 120 valence electrons. The Labute approximate surface area is 136 Å². The predicted octanol–water partition coefficient (Wildman–Crippen LogP) is 1.96. The minimum absolute atomic E-state index is 0.0768. The van der Waals surface area contributed by atoms with Crippen LogP contribution in [0.2, 0.25) is 0 Å². The van der Waals surface area contributed by atoms with Gasteiger partial charge in [-0.25, -0.2) is 0 Å². The van der Waals surface area contributed by atoms with Gasteiger partial charge in [-0.05, 0) is 30.5 Å². The number of nitrogens with one attached hydrogen (secondary N) is 1. The number of anilines is 1. The lowest BCUT2D eigenvalue weighted by atomic mass is 9.99. The van der Waals surface area contributed by atoms with Crippen LogP contribution in [0.15, 0.2) is 42.7 Å². The van der Waals surface area contributed by atoms with E-state index in [0.717, 1.165) is 19.5 Å². The van der Waals surface area contributed by atoms with Gasteiger partial charge in [0, 0.05) is 24.8 Å². The highest BCUT2D eigenvalue weighted by Gasteiger charge is 2.25. The average molecular weight is 311 g/mol. The number of aliphatic hydroxyl groups is 1. The molecule has 1 aliphatic heterocycles. The van der Waals surface area contributed by atoms with Gasteiger partial charge in [0.25, 0.3) is 0 Å². The highest BCUT2D eigenvalue weighted by molar-refractivity contribution is 5.95. The second-order valence-electron chi connectivity index (χ2n) is 5.85. The van der Waals surface area contributed by atoms with Gasteiger partial charge in [0.1, 0.15) is 0 Å². The normalized spacial score (nSPS) is 15.7. The standard InChI is InChI=1S/C18H21N3O2/c1-13(18(23)20-17-10-19-8-6-16(17)12-22)21-9-7-14-4-2-3-5-15(14)11-21/h2-6,8,10,13,22H,7,9,11-12H2,1H3,(H,20,23). The molecule has 1 unspecified atom stereocenters. The van der Waals surface area contributed by atoms with Crippen LogP contribution in [-0.2, 0) is 24.4 Å². The number of fused-ring (bicyclic) bond motifs is 1. The molecule has 2 heterocycles. The van der Waals surface area contributed by atoms with E-state index in [1.165, 1.54) is 11.1 Å². The smallest absolute Gasteiger partial charge is 0.241 e. The van der Waals surface area contributed by atoms with Gasteiger partial charge in [0.05, 0.1) is 24.5 Å². The molecule has 5 heteroatoms. The molecule has 0 fully saturated rings. The third-order valence-electron chi connectivity index (χ3n) is 4.43. The molecule has 1 atom stereocenters. The predicted molar refractivity (Wildman–Crippen MR) is 88.8 cm³/mol. The van der Waals surface area contributed by atoms with Crippen molar-refractivity contribution in [1.29, 1.82) is 0 Å². The van der Waals surface area contributed by atoms with Crippen molar-refractivity contribution in [3.63, 3.8) is 0 Å². The van der Waals surface area contributed by atoms with Crippen LogP contribution in [0.25, 0.3) is 0 Å². The van der Waals surface area contributed by atoms with Crippen LogP contribution in [0.4, 0.5) is 5.69 Å².